The van der Waals surface area contributed by atoms with Gasteiger partial charge in [0.05, 0.1) is 5.69 Å². The van der Waals surface area contributed by atoms with Crippen molar-refractivity contribution in [1.82, 2.24) is 0 Å². The van der Waals surface area contributed by atoms with Crippen molar-refractivity contribution in [1.29, 1.82) is 0 Å². The number of carbonyl (C=O) groups excluding carboxylic acids is 1. The number of nitrogens with one attached hydrogen (secondary N) is 2. The van der Waals surface area contributed by atoms with Gasteiger partial charge < -0.3 is 15.7 Å². The number of urea groups is 1. The van der Waals surface area contributed by atoms with Gasteiger partial charge in [-0.2, -0.15) is 8.42 Å². The van der Waals surface area contributed by atoms with Gasteiger partial charge in [0.1, 0.15) is 10.6 Å². The largest absolute Gasteiger partial charge is 0.506 e. The first-order chi connectivity index (χ1) is 10.3. The van der Waals surface area contributed by atoms with E-state index in [1.54, 1.807) is 0 Å². The van der Waals surface area contributed by atoms with Crippen LogP contribution >= 0.6 is 11.6 Å². The normalized spacial score (nSPS) is 11.0. The number of phenolic OH excluding ortho intramolecular Hbond substituents is 1. The highest BCUT2D eigenvalue weighted by Crippen LogP contribution is 2.26. The van der Waals surface area contributed by atoms with E-state index in [0.717, 1.165) is 12.1 Å². The summed E-state index contributed by atoms with van der Waals surface area (Å²) in [6.07, 6.45) is 0. The lowest BCUT2D eigenvalue weighted by atomic mass is 10.3. The second kappa shape index (κ2) is 6.20. The van der Waals surface area contributed by atoms with Crippen molar-refractivity contribution in [2.24, 2.45) is 0 Å². The molecule has 0 atom stereocenters. The Morgan fingerprint density at radius 2 is 1.86 bits per heavy atom. The highest BCUT2D eigenvalue weighted by Gasteiger charge is 2.13. The van der Waals surface area contributed by atoms with Gasteiger partial charge >= 0.3 is 16.3 Å². The molecule has 0 aliphatic carbocycles. The van der Waals surface area contributed by atoms with Crippen LogP contribution in [-0.2, 0) is 10.2 Å². The summed E-state index contributed by atoms with van der Waals surface area (Å²) in [5.74, 6) is -0.195. The van der Waals surface area contributed by atoms with Crippen LogP contribution < -0.4 is 10.6 Å². The Kier molecular flexibility index (Phi) is 4.53. The molecule has 0 radical (unpaired) electrons. The lowest BCUT2D eigenvalue weighted by Gasteiger charge is -2.09. The van der Waals surface area contributed by atoms with Crippen LogP contribution in [0.5, 0.6) is 5.75 Å². The summed E-state index contributed by atoms with van der Waals surface area (Å²) in [4.78, 5) is 11.2. The van der Waals surface area contributed by atoms with E-state index < -0.39 is 21.1 Å². The maximum atomic E-state index is 12.9. The van der Waals surface area contributed by atoms with Gasteiger partial charge in [0.25, 0.3) is 0 Å². The molecule has 0 spiro atoms. The van der Waals surface area contributed by atoms with Gasteiger partial charge in [-0.25, -0.2) is 4.79 Å². The molecule has 0 saturated heterocycles. The van der Waals surface area contributed by atoms with E-state index in [4.69, 9.17) is 11.6 Å². The molecule has 0 aromatic heterocycles. The molecule has 2 amide bonds. The summed E-state index contributed by atoms with van der Waals surface area (Å²) >= 11 is 5.74. The first-order valence-electron chi connectivity index (χ1n) is 5.87. The fourth-order valence-corrected chi connectivity index (χ4v) is 2.30. The maximum Gasteiger partial charge on any atom is 0.332 e. The number of amides is 2. The molecular formula is C13H10ClFN2O4S. The first-order valence-corrected chi connectivity index (χ1v) is 7.63. The van der Waals surface area contributed by atoms with Crippen LogP contribution in [0, 0.1) is 0 Å². The van der Waals surface area contributed by atoms with E-state index in [9.17, 15) is 22.2 Å². The third-order valence-electron chi connectivity index (χ3n) is 2.58. The van der Waals surface area contributed by atoms with E-state index >= 15 is 0 Å². The minimum Gasteiger partial charge on any atom is -0.506 e. The summed E-state index contributed by atoms with van der Waals surface area (Å²) < 4.78 is 34.5. The first kappa shape index (κ1) is 16.1. The van der Waals surface area contributed by atoms with Crippen LogP contribution in [0.1, 0.15) is 0 Å². The van der Waals surface area contributed by atoms with Crippen LogP contribution in [0.4, 0.5) is 20.1 Å². The van der Waals surface area contributed by atoms with Gasteiger partial charge in [-0.15, -0.1) is 3.89 Å². The summed E-state index contributed by atoms with van der Waals surface area (Å²) in [5, 5.41) is 14.5. The lowest BCUT2D eigenvalue weighted by molar-refractivity contribution is 0.262. The molecule has 2 rings (SSSR count). The van der Waals surface area contributed by atoms with Crippen LogP contribution in [0.25, 0.3) is 0 Å². The molecule has 3 N–H and O–H groups in total. The van der Waals surface area contributed by atoms with Crippen LogP contribution in [-0.4, -0.2) is 19.6 Å². The standard InChI is InChI=1S/C13H10ClFN2O4S/c14-8-4-5-12(18)11(6-8)17-13(19)16-9-2-1-3-10(7-9)22(15,20)21/h1-7,18H,(H2,16,17,19). The smallest absolute Gasteiger partial charge is 0.332 e. The van der Waals surface area contributed by atoms with Gasteiger partial charge in [-0.1, -0.05) is 17.7 Å². The molecule has 0 unspecified atom stereocenters. The molecule has 0 bridgehead atoms. The fraction of sp³-hybridized carbons (Fsp3) is 0. The monoisotopic (exact) mass is 344 g/mol. The number of anilines is 2. The fourth-order valence-electron chi connectivity index (χ4n) is 1.62. The second-order valence-electron chi connectivity index (χ2n) is 4.21. The number of phenols is 1. The minimum atomic E-state index is -4.86. The second-order valence-corrected chi connectivity index (χ2v) is 5.99. The van der Waals surface area contributed by atoms with Crippen molar-refractivity contribution < 1.29 is 22.2 Å². The Labute approximate surface area is 130 Å². The number of hydrogen-bond donors (Lipinski definition) is 3. The molecule has 22 heavy (non-hydrogen) atoms. The molecule has 6 nitrogen and oxygen atoms in total. The zero-order chi connectivity index (χ0) is 16.3. The number of aromatic hydroxyl groups is 1. The maximum absolute atomic E-state index is 12.9. The zero-order valence-electron chi connectivity index (χ0n) is 10.9. The number of halogens is 2. The quantitative estimate of drug-likeness (QED) is 0.587. The minimum absolute atomic E-state index is 0.0674. The van der Waals surface area contributed by atoms with Crippen molar-refractivity contribution >= 4 is 39.2 Å². The molecule has 116 valence electrons. The molecule has 9 heteroatoms. The predicted molar refractivity (Wildman–Crippen MR) is 80.5 cm³/mol. The van der Waals surface area contributed by atoms with E-state index in [2.05, 4.69) is 10.6 Å². The predicted octanol–water partition coefficient (Wildman–Crippen LogP) is 3.35. The molecule has 0 fully saturated rings. The molecule has 2 aromatic rings. The van der Waals surface area contributed by atoms with Crippen LogP contribution in [0.3, 0.4) is 0 Å². The Bertz CT molecular complexity index is 827. The van der Waals surface area contributed by atoms with Crippen molar-refractivity contribution in [3.63, 3.8) is 0 Å². The van der Waals surface area contributed by atoms with E-state index in [1.165, 1.54) is 30.3 Å². The Morgan fingerprint density at radius 1 is 1.14 bits per heavy atom. The summed E-state index contributed by atoms with van der Waals surface area (Å²) in [6.45, 7) is 0. The molecule has 0 aliphatic rings. The molecule has 0 aliphatic heterocycles. The number of hydrogen-bond acceptors (Lipinski definition) is 4. The van der Waals surface area contributed by atoms with Gasteiger partial charge in [-0.3, -0.25) is 0 Å². The molecule has 0 saturated carbocycles. The van der Waals surface area contributed by atoms with E-state index in [-0.39, 0.29) is 17.1 Å². The lowest BCUT2D eigenvalue weighted by Crippen LogP contribution is -2.19. The average Bonchev–Trinajstić information content (AvgIpc) is 2.42. The number of rotatable bonds is 3. The number of carbonyl (C=O) groups is 1. The molecule has 0 heterocycles. The van der Waals surface area contributed by atoms with Crippen LogP contribution in [0.15, 0.2) is 47.4 Å². The highest BCUT2D eigenvalue weighted by atomic mass is 35.5. The van der Waals surface area contributed by atoms with Crippen molar-refractivity contribution in [3.05, 3.63) is 47.5 Å². The third kappa shape index (κ3) is 4.09. The number of benzene rings is 2. The third-order valence-corrected chi connectivity index (χ3v) is 3.63. The van der Waals surface area contributed by atoms with E-state index in [1.807, 2.05) is 0 Å². The summed E-state index contributed by atoms with van der Waals surface area (Å²) in [6, 6.07) is 7.99. The van der Waals surface area contributed by atoms with Gasteiger partial charge in [0.15, 0.2) is 0 Å². The van der Waals surface area contributed by atoms with Crippen LogP contribution in [0.2, 0.25) is 5.02 Å². The summed E-state index contributed by atoms with van der Waals surface area (Å²) in [5.41, 5.74) is 0.136. The van der Waals surface area contributed by atoms with E-state index in [0.29, 0.717) is 5.02 Å². The molecule has 2 aromatic carbocycles. The Hall–Kier alpha value is -2.32. The summed E-state index contributed by atoms with van der Waals surface area (Å²) in [7, 11) is -4.86. The van der Waals surface area contributed by atoms with Gasteiger partial charge in [0.2, 0.25) is 0 Å². The molecular weight excluding hydrogens is 335 g/mol. The van der Waals surface area contributed by atoms with Crippen molar-refractivity contribution in [3.8, 4) is 5.75 Å². The SMILES string of the molecule is O=C(Nc1cccc(S(=O)(=O)F)c1)Nc1cc(Cl)ccc1O. The zero-order valence-corrected chi connectivity index (χ0v) is 12.5. The van der Waals surface area contributed by atoms with Gasteiger partial charge in [-0.05, 0) is 36.4 Å². The Balaban J connectivity index is 2.14. The van der Waals surface area contributed by atoms with Crippen molar-refractivity contribution in [2.75, 3.05) is 10.6 Å². The topological polar surface area (TPSA) is 95.5 Å². The van der Waals surface area contributed by atoms with Crippen molar-refractivity contribution in [2.45, 2.75) is 4.90 Å². The average molecular weight is 345 g/mol. The Morgan fingerprint density at radius 3 is 2.55 bits per heavy atom. The van der Waals surface area contributed by atoms with Gasteiger partial charge in [0, 0.05) is 10.7 Å². The highest BCUT2D eigenvalue weighted by molar-refractivity contribution is 7.86.